The van der Waals surface area contributed by atoms with Crippen molar-refractivity contribution in [1.29, 1.82) is 0 Å². The average Bonchev–Trinajstić information content (AvgIpc) is 2.83. The second kappa shape index (κ2) is 6.58. The van der Waals surface area contributed by atoms with E-state index in [1.165, 1.54) is 0 Å². The molecule has 118 valence electrons. The van der Waals surface area contributed by atoms with Crippen molar-refractivity contribution in [3.8, 4) is 0 Å². The van der Waals surface area contributed by atoms with E-state index in [1.54, 1.807) is 10.9 Å². The Kier molecular flexibility index (Phi) is 5.00. The Morgan fingerprint density at radius 1 is 1.48 bits per heavy atom. The lowest BCUT2D eigenvalue weighted by Gasteiger charge is -2.39. The van der Waals surface area contributed by atoms with E-state index in [9.17, 15) is 4.79 Å². The van der Waals surface area contributed by atoms with Crippen LogP contribution in [0.2, 0.25) is 0 Å². The quantitative estimate of drug-likeness (QED) is 0.826. The fourth-order valence-electron chi connectivity index (χ4n) is 2.70. The molecule has 1 saturated heterocycles. The van der Waals surface area contributed by atoms with E-state index in [-0.39, 0.29) is 11.5 Å². The Morgan fingerprint density at radius 2 is 2.14 bits per heavy atom. The molecule has 6 nitrogen and oxygen atoms in total. The van der Waals surface area contributed by atoms with Gasteiger partial charge >= 0.3 is 5.97 Å². The largest absolute Gasteiger partial charge is 0.462 e. The minimum absolute atomic E-state index is 0.229. The standard InChI is InChI=1S/C15H26N4O2/c1-5-21-14(20)12-10-17-18(4)13(12)11-19-8-6-15(2,16-3)7-9-19/h10,16H,5-9,11H2,1-4H3. The van der Waals surface area contributed by atoms with Crippen LogP contribution in [0.15, 0.2) is 6.20 Å². The SMILES string of the molecule is CCOC(=O)c1cnn(C)c1CN1CCC(C)(NC)CC1. The molecule has 1 aliphatic rings. The van der Waals surface area contributed by atoms with Crippen molar-refractivity contribution >= 4 is 5.97 Å². The normalized spacial score (nSPS) is 18.7. The number of hydrogen-bond donors (Lipinski definition) is 1. The predicted octanol–water partition coefficient (Wildman–Crippen LogP) is 1.17. The number of carbonyl (C=O) groups is 1. The molecule has 0 amide bonds. The van der Waals surface area contributed by atoms with Crippen molar-refractivity contribution in [2.75, 3.05) is 26.7 Å². The van der Waals surface area contributed by atoms with E-state index >= 15 is 0 Å². The topological polar surface area (TPSA) is 59.4 Å². The third-order valence-electron chi connectivity index (χ3n) is 4.49. The molecular formula is C15H26N4O2. The first-order valence-corrected chi connectivity index (χ1v) is 7.58. The molecule has 1 aromatic heterocycles. The number of ether oxygens (including phenoxy) is 1. The maximum atomic E-state index is 12.0. The first-order chi connectivity index (χ1) is 9.99. The average molecular weight is 294 g/mol. The van der Waals surface area contributed by atoms with Crippen LogP contribution in [0.3, 0.4) is 0 Å². The van der Waals surface area contributed by atoms with Gasteiger partial charge in [0.25, 0.3) is 0 Å². The Bertz CT molecular complexity index is 490. The summed E-state index contributed by atoms with van der Waals surface area (Å²) in [6, 6.07) is 0. The number of rotatable bonds is 5. The summed E-state index contributed by atoms with van der Waals surface area (Å²) in [5.41, 5.74) is 1.75. The molecule has 0 spiro atoms. The van der Waals surface area contributed by atoms with E-state index in [2.05, 4.69) is 22.2 Å². The number of likely N-dealkylation sites (tertiary alicyclic amines) is 1. The van der Waals surface area contributed by atoms with Crippen molar-refractivity contribution in [1.82, 2.24) is 20.0 Å². The van der Waals surface area contributed by atoms with Gasteiger partial charge in [-0.05, 0) is 33.7 Å². The second-order valence-electron chi connectivity index (χ2n) is 5.94. The third-order valence-corrected chi connectivity index (χ3v) is 4.49. The fourth-order valence-corrected chi connectivity index (χ4v) is 2.70. The molecule has 21 heavy (non-hydrogen) atoms. The highest BCUT2D eigenvalue weighted by Gasteiger charge is 2.29. The molecule has 0 saturated carbocycles. The van der Waals surface area contributed by atoms with Crippen LogP contribution >= 0.6 is 0 Å². The number of hydrogen-bond acceptors (Lipinski definition) is 5. The molecule has 1 aromatic rings. The monoisotopic (exact) mass is 294 g/mol. The minimum atomic E-state index is -0.280. The number of aryl methyl sites for hydroxylation is 1. The molecule has 0 aromatic carbocycles. The lowest BCUT2D eigenvalue weighted by molar-refractivity contribution is 0.0522. The molecule has 0 aliphatic carbocycles. The van der Waals surface area contributed by atoms with E-state index in [4.69, 9.17) is 4.74 Å². The van der Waals surface area contributed by atoms with Gasteiger partial charge in [-0.1, -0.05) is 0 Å². The summed E-state index contributed by atoms with van der Waals surface area (Å²) in [7, 11) is 3.90. The van der Waals surface area contributed by atoms with E-state index in [0.717, 1.165) is 38.2 Å². The Morgan fingerprint density at radius 3 is 2.71 bits per heavy atom. The fraction of sp³-hybridized carbons (Fsp3) is 0.733. The van der Waals surface area contributed by atoms with Crippen molar-refractivity contribution < 1.29 is 9.53 Å². The second-order valence-corrected chi connectivity index (χ2v) is 5.94. The summed E-state index contributed by atoms with van der Waals surface area (Å²) >= 11 is 0. The zero-order chi connectivity index (χ0) is 15.5. The summed E-state index contributed by atoms with van der Waals surface area (Å²) in [6.07, 6.45) is 3.82. The lowest BCUT2D eigenvalue weighted by atomic mass is 9.90. The molecule has 2 rings (SSSR count). The molecule has 0 radical (unpaired) electrons. The summed E-state index contributed by atoms with van der Waals surface area (Å²) < 4.78 is 6.88. The van der Waals surface area contributed by atoms with Crippen LogP contribution in [-0.4, -0.2) is 52.9 Å². The summed E-state index contributed by atoms with van der Waals surface area (Å²) in [4.78, 5) is 14.3. The molecule has 0 unspecified atom stereocenters. The molecule has 1 aliphatic heterocycles. The van der Waals surface area contributed by atoms with Gasteiger partial charge in [-0.3, -0.25) is 9.58 Å². The van der Waals surface area contributed by atoms with Gasteiger partial charge in [-0.15, -0.1) is 0 Å². The van der Waals surface area contributed by atoms with Crippen LogP contribution in [0.5, 0.6) is 0 Å². The van der Waals surface area contributed by atoms with Crippen molar-refractivity contribution in [2.45, 2.75) is 38.8 Å². The van der Waals surface area contributed by atoms with Gasteiger partial charge in [0.05, 0.1) is 18.5 Å². The molecule has 2 heterocycles. The van der Waals surface area contributed by atoms with E-state index in [0.29, 0.717) is 12.2 Å². The van der Waals surface area contributed by atoms with Crippen LogP contribution in [0, 0.1) is 0 Å². The van der Waals surface area contributed by atoms with Crippen LogP contribution in [0.25, 0.3) is 0 Å². The highest BCUT2D eigenvalue weighted by Crippen LogP contribution is 2.23. The number of nitrogens with zero attached hydrogens (tertiary/aromatic N) is 3. The van der Waals surface area contributed by atoms with Gasteiger partial charge in [0.1, 0.15) is 5.56 Å². The van der Waals surface area contributed by atoms with Gasteiger partial charge in [0.2, 0.25) is 0 Å². The summed E-state index contributed by atoms with van der Waals surface area (Å²) in [5, 5.41) is 7.61. The highest BCUT2D eigenvalue weighted by molar-refractivity contribution is 5.90. The molecule has 1 fully saturated rings. The molecule has 0 bridgehead atoms. The number of esters is 1. The molecule has 0 atom stereocenters. The molecule has 6 heteroatoms. The van der Waals surface area contributed by atoms with Crippen molar-refractivity contribution in [3.05, 3.63) is 17.5 Å². The van der Waals surface area contributed by atoms with Gasteiger partial charge in [-0.25, -0.2) is 4.79 Å². The molecule has 1 N–H and O–H groups in total. The van der Waals surface area contributed by atoms with Gasteiger partial charge in [-0.2, -0.15) is 5.10 Å². The number of nitrogens with one attached hydrogen (secondary N) is 1. The van der Waals surface area contributed by atoms with Crippen LogP contribution in [0.1, 0.15) is 42.7 Å². The zero-order valence-corrected chi connectivity index (χ0v) is 13.5. The Balaban J connectivity index is 2.04. The first-order valence-electron chi connectivity index (χ1n) is 7.58. The number of carbonyl (C=O) groups excluding carboxylic acids is 1. The number of aromatic nitrogens is 2. The Hall–Kier alpha value is -1.40. The zero-order valence-electron chi connectivity index (χ0n) is 13.5. The Labute approximate surface area is 126 Å². The van der Waals surface area contributed by atoms with Gasteiger partial charge < -0.3 is 10.1 Å². The van der Waals surface area contributed by atoms with Gasteiger partial charge in [0.15, 0.2) is 0 Å². The van der Waals surface area contributed by atoms with E-state index < -0.39 is 0 Å². The first kappa shape index (κ1) is 16.0. The van der Waals surface area contributed by atoms with Crippen molar-refractivity contribution in [3.63, 3.8) is 0 Å². The summed E-state index contributed by atoms with van der Waals surface area (Å²) in [5.74, 6) is -0.280. The minimum Gasteiger partial charge on any atom is -0.462 e. The number of piperidine rings is 1. The third kappa shape index (κ3) is 3.63. The van der Waals surface area contributed by atoms with Crippen LogP contribution in [0.4, 0.5) is 0 Å². The van der Waals surface area contributed by atoms with E-state index in [1.807, 2.05) is 21.0 Å². The summed E-state index contributed by atoms with van der Waals surface area (Å²) in [6.45, 7) is 7.24. The van der Waals surface area contributed by atoms with Crippen molar-refractivity contribution in [2.24, 2.45) is 7.05 Å². The predicted molar refractivity (Wildman–Crippen MR) is 81.1 cm³/mol. The van der Waals surface area contributed by atoms with Gasteiger partial charge in [0, 0.05) is 32.2 Å². The smallest absolute Gasteiger partial charge is 0.341 e. The lowest BCUT2D eigenvalue weighted by Crippen LogP contribution is -2.49. The van der Waals surface area contributed by atoms with Crippen LogP contribution in [-0.2, 0) is 18.3 Å². The molecular weight excluding hydrogens is 268 g/mol. The maximum absolute atomic E-state index is 12.0. The maximum Gasteiger partial charge on any atom is 0.341 e. The highest BCUT2D eigenvalue weighted by atomic mass is 16.5. The van der Waals surface area contributed by atoms with Crippen LogP contribution < -0.4 is 5.32 Å².